The lowest BCUT2D eigenvalue weighted by Crippen LogP contribution is -2.40. The van der Waals surface area contributed by atoms with E-state index in [1.807, 2.05) is 13.0 Å². The van der Waals surface area contributed by atoms with E-state index in [2.05, 4.69) is 27.4 Å². The number of hydrogen-bond donors (Lipinski definition) is 2. The Kier molecular flexibility index (Phi) is 7.33. The highest BCUT2D eigenvalue weighted by molar-refractivity contribution is 5.79. The van der Waals surface area contributed by atoms with E-state index in [9.17, 15) is 4.39 Å². The van der Waals surface area contributed by atoms with E-state index in [0.29, 0.717) is 18.0 Å². The minimum absolute atomic E-state index is 0.196. The predicted octanol–water partition coefficient (Wildman–Crippen LogP) is 2.61. The number of nitrogens with zero attached hydrogens (tertiary/aromatic N) is 2. The fourth-order valence-corrected chi connectivity index (χ4v) is 2.97. The first-order valence-corrected chi connectivity index (χ1v) is 8.70. The van der Waals surface area contributed by atoms with Gasteiger partial charge in [0.25, 0.3) is 0 Å². The quantitative estimate of drug-likeness (QED) is 0.599. The van der Waals surface area contributed by atoms with Gasteiger partial charge in [0.05, 0.1) is 6.54 Å². The Morgan fingerprint density at radius 1 is 1.30 bits per heavy atom. The zero-order valence-electron chi connectivity index (χ0n) is 14.3. The highest BCUT2D eigenvalue weighted by Crippen LogP contribution is 2.15. The third kappa shape index (κ3) is 5.82. The maximum Gasteiger partial charge on any atom is 0.191 e. The van der Waals surface area contributed by atoms with Crippen LogP contribution in [0.1, 0.15) is 32.3 Å². The van der Waals surface area contributed by atoms with Gasteiger partial charge >= 0.3 is 0 Å². The van der Waals surface area contributed by atoms with Crippen molar-refractivity contribution in [2.24, 2.45) is 10.9 Å². The van der Waals surface area contributed by atoms with Crippen LogP contribution in [0.4, 0.5) is 4.39 Å². The van der Waals surface area contributed by atoms with Gasteiger partial charge in [-0.15, -0.1) is 0 Å². The fraction of sp³-hybridized carbons (Fsp3) is 0.611. The molecule has 0 radical (unpaired) electrons. The van der Waals surface area contributed by atoms with Crippen molar-refractivity contribution in [1.29, 1.82) is 0 Å². The molecule has 1 saturated heterocycles. The molecule has 1 aliphatic heterocycles. The second kappa shape index (κ2) is 9.50. The Morgan fingerprint density at radius 3 is 2.87 bits per heavy atom. The molecule has 1 aromatic carbocycles. The van der Waals surface area contributed by atoms with Crippen molar-refractivity contribution < 1.29 is 4.39 Å². The highest BCUT2D eigenvalue weighted by atomic mass is 19.1. The first-order valence-electron chi connectivity index (χ1n) is 8.70. The molecule has 0 bridgehead atoms. The summed E-state index contributed by atoms with van der Waals surface area (Å²) in [5.41, 5.74) is 0.625. The van der Waals surface area contributed by atoms with E-state index in [-0.39, 0.29) is 5.82 Å². The largest absolute Gasteiger partial charge is 0.357 e. The summed E-state index contributed by atoms with van der Waals surface area (Å²) in [4.78, 5) is 7.03. The average Bonchev–Trinajstić information content (AvgIpc) is 2.99. The number of hydrogen-bond acceptors (Lipinski definition) is 2. The second-order valence-electron chi connectivity index (χ2n) is 6.12. The summed E-state index contributed by atoms with van der Waals surface area (Å²) in [6, 6.07) is 6.80. The third-order valence-electron chi connectivity index (χ3n) is 4.18. The van der Waals surface area contributed by atoms with Crippen LogP contribution in [0, 0.1) is 11.7 Å². The van der Waals surface area contributed by atoms with Crippen molar-refractivity contribution >= 4 is 5.96 Å². The van der Waals surface area contributed by atoms with Crippen LogP contribution >= 0.6 is 0 Å². The molecule has 0 amide bonds. The van der Waals surface area contributed by atoms with Crippen LogP contribution in [0.15, 0.2) is 29.3 Å². The molecule has 5 heteroatoms. The third-order valence-corrected chi connectivity index (χ3v) is 4.18. The van der Waals surface area contributed by atoms with Crippen molar-refractivity contribution in [3.63, 3.8) is 0 Å². The van der Waals surface area contributed by atoms with Gasteiger partial charge in [-0.3, -0.25) is 0 Å². The van der Waals surface area contributed by atoms with Crippen LogP contribution < -0.4 is 10.6 Å². The van der Waals surface area contributed by atoms with Gasteiger partial charge in [-0.2, -0.15) is 0 Å². The minimum Gasteiger partial charge on any atom is -0.357 e. The van der Waals surface area contributed by atoms with E-state index in [4.69, 9.17) is 0 Å². The summed E-state index contributed by atoms with van der Waals surface area (Å²) in [5, 5.41) is 6.64. The number of aliphatic imine (C=N–C) groups is 1. The summed E-state index contributed by atoms with van der Waals surface area (Å²) in [6.45, 7) is 9.89. The summed E-state index contributed by atoms with van der Waals surface area (Å²) in [7, 11) is 0. The number of likely N-dealkylation sites (tertiary alicyclic amines) is 1. The Balaban J connectivity index is 1.84. The van der Waals surface area contributed by atoms with Gasteiger partial charge in [0.15, 0.2) is 5.96 Å². The molecule has 1 heterocycles. The van der Waals surface area contributed by atoms with E-state index < -0.39 is 0 Å². The van der Waals surface area contributed by atoms with Crippen LogP contribution in [-0.4, -0.2) is 43.6 Å². The molecule has 0 saturated carbocycles. The lowest BCUT2D eigenvalue weighted by atomic mass is 10.1. The second-order valence-corrected chi connectivity index (χ2v) is 6.12. The Morgan fingerprint density at radius 2 is 2.13 bits per heavy atom. The number of guanidine groups is 1. The molecule has 23 heavy (non-hydrogen) atoms. The van der Waals surface area contributed by atoms with Crippen LogP contribution in [0.25, 0.3) is 0 Å². The van der Waals surface area contributed by atoms with Gasteiger partial charge in [-0.05, 0) is 44.8 Å². The van der Waals surface area contributed by atoms with Crippen LogP contribution in [0.2, 0.25) is 0 Å². The van der Waals surface area contributed by atoms with Crippen molar-refractivity contribution in [1.82, 2.24) is 15.5 Å². The predicted molar refractivity (Wildman–Crippen MR) is 94.1 cm³/mol. The van der Waals surface area contributed by atoms with Crippen LogP contribution in [-0.2, 0) is 6.54 Å². The first kappa shape index (κ1) is 17.7. The molecule has 0 spiro atoms. The normalized spacial score (nSPS) is 19.1. The number of rotatable bonds is 7. The maximum atomic E-state index is 13.7. The van der Waals surface area contributed by atoms with E-state index in [0.717, 1.165) is 25.6 Å². The zero-order valence-corrected chi connectivity index (χ0v) is 14.3. The molecule has 128 valence electrons. The van der Waals surface area contributed by atoms with Crippen molar-refractivity contribution in [2.75, 3.05) is 32.7 Å². The van der Waals surface area contributed by atoms with E-state index >= 15 is 0 Å². The molecule has 0 aliphatic carbocycles. The molecular weight excluding hydrogens is 291 g/mol. The van der Waals surface area contributed by atoms with Crippen molar-refractivity contribution in [3.8, 4) is 0 Å². The molecule has 2 N–H and O–H groups in total. The summed E-state index contributed by atoms with van der Waals surface area (Å²) >= 11 is 0. The smallest absolute Gasteiger partial charge is 0.191 e. The maximum absolute atomic E-state index is 13.7. The molecular formula is C18H29FN4. The van der Waals surface area contributed by atoms with Crippen molar-refractivity contribution in [3.05, 3.63) is 35.6 Å². The zero-order chi connectivity index (χ0) is 16.5. The first-order chi connectivity index (χ1) is 11.2. The topological polar surface area (TPSA) is 39.7 Å². The van der Waals surface area contributed by atoms with Crippen LogP contribution in [0.5, 0.6) is 0 Å². The van der Waals surface area contributed by atoms with Gasteiger partial charge in [-0.1, -0.05) is 25.1 Å². The lowest BCUT2D eigenvalue weighted by Gasteiger charge is -2.17. The van der Waals surface area contributed by atoms with Crippen LogP contribution in [0.3, 0.4) is 0 Å². The van der Waals surface area contributed by atoms with E-state index in [1.165, 1.54) is 32.0 Å². The monoisotopic (exact) mass is 320 g/mol. The highest BCUT2D eigenvalue weighted by Gasteiger charge is 2.21. The Hall–Kier alpha value is -1.62. The standard InChI is InChI=1S/C18H29FN4/c1-3-10-23-11-9-15(14-23)12-21-18(20-4-2)22-13-16-7-5-6-8-17(16)19/h5-8,15H,3-4,9-14H2,1-2H3,(H2,20,21,22). The molecule has 1 aromatic rings. The molecule has 4 nitrogen and oxygen atoms in total. The molecule has 1 fully saturated rings. The molecule has 0 aromatic heterocycles. The summed E-state index contributed by atoms with van der Waals surface area (Å²) < 4.78 is 13.7. The number of benzene rings is 1. The Bertz CT molecular complexity index is 504. The van der Waals surface area contributed by atoms with Gasteiger partial charge in [0.1, 0.15) is 5.82 Å². The molecule has 1 atom stereocenters. The minimum atomic E-state index is -0.196. The van der Waals surface area contributed by atoms with Gasteiger partial charge in [0, 0.05) is 25.2 Å². The summed E-state index contributed by atoms with van der Waals surface area (Å²) in [5.74, 6) is 1.24. The van der Waals surface area contributed by atoms with Gasteiger partial charge in [0.2, 0.25) is 0 Å². The molecule has 1 unspecified atom stereocenters. The Labute approximate surface area is 139 Å². The molecule has 1 aliphatic rings. The lowest BCUT2D eigenvalue weighted by molar-refractivity contribution is 0.324. The number of nitrogens with one attached hydrogen (secondary N) is 2. The van der Waals surface area contributed by atoms with Gasteiger partial charge in [-0.25, -0.2) is 9.38 Å². The summed E-state index contributed by atoms with van der Waals surface area (Å²) in [6.07, 6.45) is 2.45. The number of halogens is 1. The van der Waals surface area contributed by atoms with Crippen molar-refractivity contribution in [2.45, 2.75) is 33.2 Å². The van der Waals surface area contributed by atoms with Gasteiger partial charge < -0.3 is 15.5 Å². The fourth-order valence-electron chi connectivity index (χ4n) is 2.97. The molecule has 2 rings (SSSR count). The SMILES string of the molecule is CCCN1CCC(CNC(=NCc2ccccc2F)NCC)C1. The average molecular weight is 320 g/mol. The van der Waals surface area contributed by atoms with E-state index in [1.54, 1.807) is 12.1 Å².